The molecule has 0 spiro atoms. The normalized spacial score (nSPS) is 20.2. The SMILES string of the molecule is CC(NCC(c1cccc(Cl)c1Cl)N1CCC(N2CCCCC2)CC1)c1cc(C(F)(F)F)cc(C(F)(F)F)c1. The van der Waals surface area contributed by atoms with Crippen LogP contribution in [0.3, 0.4) is 0 Å². The van der Waals surface area contributed by atoms with Gasteiger partial charge in [0.05, 0.1) is 21.2 Å². The van der Waals surface area contributed by atoms with Crippen molar-refractivity contribution in [1.29, 1.82) is 0 Å². The Hall–Kier alpha value is -1.52. The fraction of sp³-hybridized carbons (Fsp3) is 0.571. The standard InChI is InChI=1S/C28H33Cl2F6N3/c1-18(19-14-20(27(31,32)33)16-21(15-19)28(34,35)36)37-17-25(23-6-5-7-24(29)26(23)30)39-12-8-22(9-13-39)38-10-3-2-4-11-38/h5-7,14-16,18,22,25,37H,2-4,8-13,17H2,1H3. The summed E-state index contributed by atoms with van der Waals surface area (Å²) < 4.78 is 80.4. The van der Waals surface area contributed by atoms with E-state index < -0.39 is 29.5 Å². The maximum Gasteiger partial charge on any atom is 0.416 e. The van der Waals surface area contributed by atoms with Crippen LogP contribution in [0.2, 0.25) is 10.0 Å². The molecule has 39 heavy (non-hydrogen) atoms. The highest BCUT2D eigenvalue weighted by atomic mass is 35.5. The Balaban J connectivity index is 1.54. The van der Waals surface area contributed by atoms with Crippen LogP contribution < -0.4 is 5.32 Å². The van der Waals surface area contributed by atoms with Gasteiger partial charge in [0.25, 0.3) is 0 Å². The molecule has 2 aliphatic rings. The quantitative estimate of drug-likeness (QED) is 0.324. The van der Waals surface area contributed by atoms with Crippen LogP contribution in [0, 0.1) is 0 Å². The molecule has 3 nitrogen and oxygen atoms in total. The largest absolute Gasteiger partial charge is 0.416 e. The maximum absolute atomic E-state index is 13.4. The second-order valence-electron chi connectivity index (χ2n) is 10.5. The molecule has 0 radical (unpaired) electrons. The second-order valence-corrected chi connectivity index (χ2v) is 11.3. The number of alkyl halides is 6. The molecule has 0 bridgehead atoms. The van der Waals surface area contributed by atoms with Crippen LogP contribution in [0.4, 0.5) is 26.3 Å². The molecule has 216 valence electrons. The highest BCUT2D eigenvalue weighted by molar-refractivity contribution is 6.42. The minimum absolute atomic E-state index is 0.0862. The number of rotatable bonds is 7. The summed E-state index contributed by atoms with van der Waals surface area (Å²) in [4.78, 5) is 4.85. The number of benzene rings is 2. The summed E-state index contributed by atoms with van der Waals surface area (Å²) in [6.45, 7) is 5.66. The summed E-state index contributed by atoms with van der Waals surface area (Å²) in [7, 11) is 0. The van der Waals surface area contributed by atoms with E-state index >= 15 is 0 Å². The van der Waals surface area contributed by atoms with Crippen LogP contribution in [0.25, 0.3) is 0 Å². The van der Waals surface area contributed by atoms with E-state index in [0.717, 1.165) is 56.7 Å². The third kappa shape index (κ3) is 7.61. The molecule has 0 saturated carbocycles. The molecular weight excluding hydrogens is 563 g/mol. The number of halogens is 8. The van der Waals surface area contributed by atoms with Gasteiger partial charge in [0, 0.05) is 37.8 Å². The Kier molecular flexibility index (Phi) is 9.80. The van der Waals surface area contributed by atoms with E-state index in [4.69, 9.17) is 23.2 Å². The van der Waals surface area contributed by atoms with Gasteiger partial charge < -0.3 is 10.2 Å². The van der Waals surface area contributed by atoms with Crippen molar-refractivity contribution in [2.24, 2.45) is 0 Å². The average Bonchev–Trinajstić information content (AvgIpc) is 2.90. The predicted molar refractivity (Wildman–Crippen MR) is 142 cm³/mol. The lowest BCUT2D eigenvalue weighted by Crippen LogP contribution is -2.48. The molecule has 2 heterocycles. The monoisotopic (exact) mass is 595 g/mol. The molecule has 2 aromatic carbocycles. The number of piperidine rings is 2. The molecule has 11 heteroatoms. The Morgan fingerprint density at radius 2 is 1.46 bits per heavy atom. The third-order valence-corrected chi connectivity index (χ3v) is 8.75. The molecule has 1 N–H and O–H groups in total. The van der Waals surface area contributed by atoms with Crippen molar-refractivity contribution in [2.45, 2.75) is 69.5 Å². The first kappa shape index (κ1) is 30.4. The van der Waals surface area contributed by atoms with Crippen molar-refractivity contribution in [3.05, 3.63) is 68.7 Å². The smallest absolute Gasteiger partial charge is 0.308 e. The number of hydrogen-bond acceptors (Lipinski definition) is 3. The van der Waals surface area contributed by atoms with Gasteiger partial charge >= 0.3 is 12.4 Å². The second kappa shape index (κ2) is 12.6. The zero-order valence-corrected chi connectivity index (χ0v) is 23.2. The van der Waals surface area contributed by atoms with Gasteiger partial charge in [-0.25, -0.2) is 0 Å². The van der Waals surface area contributed by atoms with E-state index in [0.29, 0.717) is 16.1 Å². The van der Waals surface area contributed by atoms with Crippen molar-refractivity contribution < 1.29 is 26.3 Å². The predicted octanol–water partition coefficient (Wildman–Crippen LogP) is 8.37. The van der Waals surface area contributed by atoms with Gasteiger partial charge in [-0.2, -0.15) is 26.3 Å². The number of nitrogens with zero attached hydrogens (tertiary/aromatic N) is 2. The van der Waals surface area contributed by atoms with Crippen molar-refractivity contribution in [3.8, 4) is 0 Å². The minimum atomic E-state index is -4.90. The Bertz CT molecular complexity index is 1080. The lowest BCUT2D eigenvalue weighted by Gasteiger charge is -2.43. The highest BCUT2D eigenvalue weighted by Crippen LogP contribution is 2.38. The zero-order valence-electron chi connectivity index (χ0n) is 21.7. The number of likely N-dealkylation sites (tertiary alicyclic amines) is 2. The van der Waals surface area contributed by atoms with E-state index in [1.54, 1.807) is 19.1 Å². The summed E-state index contributed by atoms with van der Waals surface area (Å²) in [5, 5.41) is 3.97. The zero-order chi connectivity index (χ0) is 28.4. The first-order chi connectivity index (χ1) is 18.3. The van der Waals surface area contributed by atoms with Crippen LogP contribution in [0.1, 0.15) is 73.4 Å². The van der Waals surface area contributed by atoms with Gasteiger partial charge in [-0.15, -0.1) is 0 Å². The summed E-state index contributed by atoms with van der Waals surface area (Å²) in [6, 6.07) is 6.53. The maximum atomic E-state index is 13.4. The number of nitrogens with one attached hydrogen (secondary N) is 1. The summed E-state index contributed by atoms with van der Waals surface area (Å²) in [5.41, 5.74) is -1.96. The van der Waals surface area contributed by atoms with Crippen LogP contribution in [0.15, 0.2) is 36.4 Å². The van der Waals surface area contributed by atoms with Crippen molar-refractivity contribution in [1.82, 2.24) is 15.1 Å². The van der Waals surface area contributed by atoms with Gasteiger partial charge in [-0.3, -0.25) is 4.90 Å². The Labute approximate surface area is 235 Å². The van der Waals surface area contributed by atoms with Crippen LogP contribution in [0.5, 0.6) is 0 Å². The van der Waals surface area contributed by atoms with Crippen LogP contribution in [-0.2, 0) is 12.4 Å². The molecule has 0 aromatic heterocycles. The van der Waals surface area contributed by atoms with Gasteiger partial charge in [-0.05, 0) is 81.1 Å². The topological polar surface area (TPSA) is 18.5 Å². The fourth-order valence-corrected chi connectivity index (χ4v) is 6.13. The van der Waals surface area contributed by atoms with E-state index in [2.05, 4.69) is 15.1 Å². The lowest BCUT2D eigenvalue weighted by molar-refractivity contribution is -0.143. The molecule has 2 fully saturated rings. The molecule has 0 aliphatic carbocycles. The minimum Gasteiger partial charge on any atom is -0.308 e. The van der Waals surface area contributed by atoms with Crippen molar-refractivity contribution >= 4 is 23.2 Å². The highest BCUT2D eigenvalue weighted by Gasteiger charge is 2.37. The van der Waals surface area contributed by atoms with Crippen LogP contribution >= 0.6 is 23.2 Å². The van der Waals surface area contributed by atoms with E-state index in [-0.39, 0.29) is 24.2 Å². The first-order valence-electron chi connectivity index (χ1n) is 13.3. The van der Waals surface area contributed by atoms with Gasteiger partial charge in [0.15, 0.2) is 0 Å². The molecule has 2 saturated heterocycles. The first-order valence-corrected chi connectivity index (χ1v) is 14.0. The number of hydrogen-bond donors (Lipinski definition) is 1. The van der Waals surface area contributed by atoms with Gasteiger partial charge in [0.1, 0.15) is 0 Å². The lowest BCUT2D eigenvalue weighted by atomic mass is 9.96. The van der Waals surface area contributed by atoms with E-state index in [1.807, 2.05) is 6.07 Å². The van der Waals surface area contributed by atoms with Gasteiger partial charge in [-0.1, -0.05) is 41.8 Å². The molecule has 2 unspecified atom stereocenters. The van der Waals surface area contributed by atoms with Crippen LogP contribution in [-0.4, -0.2) is 48.6 Å². The van der Waals surface area contributed by atoms with E-state index in [9.17, 15) is 26.3 Å². The molecular formula is C28H33Cl2F6N3. The average molecular weight is 596 g/mol. The molecule has 4 rings (SSSR count). The van der Waals surface area contributed by atoms with Gasteiger partial charge in [0.2, 0.25) is 0 Å². The van der Waals surface area contributed by atoms with Crippen molar-refractivity contribution in [2.75, 3.05) is 32.7 Å². The molecule has 2 atom stereocenters. The molecule has 0 amide bonds. The summed E-state index contributed by atoms with van der Waals surface area (Å²) in [5.74, 6) is 0. The summed E-state index contributed by atoms with van der Waals surface area (Å²) >= 11 is 12.9. The third-order valence-electron chi connectivity index (χ3n) is 7.91. The Morgan fingerprint density at radius 1 is 0.872 bits per heavy atom. The van der Waals surface area contributed by atoms with Crippen molar-refractivity contribution in [3.63, 3.8) is 0 Å². The van der Waals surface area contributed by atoms with E-state index in [1.165, 1.54) is 19.3 Å². The fourth-order valence-electron chi connectivity index (χ4n) is 5.69. The Morgan fingerprint density at radius 3 is 2.03 bits per heavy atom. The molecule has 2 aromatic rings. The molecule has 2 aliphatic heterocycles. The summed E-state index contributed by atoms with van der Waals surface area (Å²) in [6.07, 6.45) is -4.14.